The van der Waals surface area contributed by atoms with Crippen LogP contribution in [0.5, 0.6) is 5.75 Å². The number of nitrogens with one attached hydrogen (secondary N) is 1. The Morgan fingerprint density at radius 2 is 1.68 bits per heavy atom. The van der Waals surface area contributed by atoms with Crippen molar-refractivity contribution in [2.45, 2.75) is 27.4 Å². The summed E-state index contributed by atoms with van der Waals surface area (Å²) in [6, 6.07) is 17.1. The van der Waals surface area contributed by atoms with Gasteiger partial charge in [-0.2, -0.15) is 0 Å². The molecule has 1 heterocycles. The molecule has 0 fully saturated rings. The van der Waals surface area contributed by atoms with E-state index >= 15 is 0 Å². The van der Waals surface area contributed by atoms with Crippen molar-refractivity contribution in [3.8, 4) is 5.75 Å². The molecule has 25 heavy (non-hydrogen) atoms. The van der Waals surface area contributed by atoms with Crippen LogP contribution in [-0.2, 0) is 6.61 Å². The smallest absolute Gasteiger partial charge is 0.291 e. The highest BCUT2D eigenvalue weighted by Gasteiger charge is 2.13. The molecule has 1 N–H and O–H groups in total. The van der Waals surface area contributed by atoms with E-state index in [2.05, 4.69) is 5.32 Å². The van der Waals surface area contributed by atoms with Crippen molar-refractivity contribution in [3.05, 3.63) is 82.8 Å². The largest absolute Gasteiger partial charge is 0.486 e. The first-order valence-corrected chi connectivity index (χ1v) is 8.18. The van der Waals surface area contributed by atoms with Crippen LogP contribution in [0.15, 0.2) is 59.0 Å². The summed E-state index contributed by atoms with van der Waals surface area (Å²) in [5.41, 5.74) is 4.07. The van der Waals surface area contributed by atoms with Crippen molar-refractivity contribution in [1.82, 2.24) is 0 Å². The fraction of sp³-hybridized carbons (Fsp3) is 0.190. The van der Waals surface area contributed by atoms with Crippen molar-refractivity contribution >= 4 is 11.6 Å². The van der Waals surface area contributed by atoms with Crippen molar-refractivity contribution in [2.24, 2.45) is 0 Å². The molecule has 3 aromatic rings. The molecular formula is C21H21NO3. The molecule has 2 aromatic carbocycles. The number of carbonyl (C=O) groups excluding carboxylic acids is 1. The third-order valence-electron chi connectivity index (χ3n) is 3.93. The summed E-state index contributed by atoms with van der Waals surface area (Å²) in [7, 11) is 0. The molecule has 1 aromatic heterocycles. The first kappa shape index (κ1) is 16.8. The third-order valence-corrected chi connectivity index (χ3v) is 3.93. The Kier molecular flexibility index (Phi) is 4.89. The van der Waals surface area contributed by atoms with Crippen LogP contribution >= 0.6 is 0 Å². The molecule has 128 valence electrons. The molecule has 4 nitrogen and oxygen atoms in total. The van der Waals surface area contributed by atoms with Gasteiger partial charge in [0.2, 0.25) is 0 Å². The maximum atomic E-state index is 12.4. The molecule has 0 atom stereocenters. The summed E-state index contributed by atoms with van der Waals surface area (Å²) in [4.78, 5) is 12.4. The van der Waals surface area contributed by atoms with Crippen molar-refractivity contribution in [1.29, 1.82) is 0 Å². The second-order valence-corrected chi connectivity index (χ2v) is 6.14. The zero-order valence-electron chi connectivity index (χ0n) is 14.6. The number of aryl methyl sites for hydroxylation is 3. The number of hydrogen-bond donors (Lipinski definition) is 1. The monoisotopic (exact) mass is 335 g/mol. The van der Waals surface area contributed by atoms with Crippen LogP contribution in [0.25, 0.3) is 0 Å². The van der Waals surface area contributed by atoms with Gasteiger partial charge in [0.25, 0.3) is 5.91 Å². The van der Waals surface area contributed by atoms with E-state index in [1.165, 1.54) is 5.56 Å². The van der Waals surface area contributed by atoms with Crippen LogP contribution in [0.2, 0.25) is 0 Å². The van der Waals surface area contributed by atoms with Crippen LogP contribution in [-0.4, -0.2) is 5.91 Å². The van der Waals surface area contributed by atoms with Crippen molar-refractivity contribution in [3.63, 3.8) is 0 Å². The minimum Gasteiger partial charge on any atom is -0.486 e. The van der Waals surface area contributed by atoms with Crippen molar-refractivity contribution < 1.29 is 13.9 Å². The summed E-state index contributed by atoms with van der Waals surface area (Å²) in [6.07, 6.45) is 0. The molecule has 1 amide bonds. The van der Waals surface area contributed by atoms with Crippen LogP contribution in [0.4, 0.5) is 5.69 Å². The lowest BCUT2D eigenvalue weighted by Gasteiger charge is -2.08. The highest BCUT2D eigenvalue weighted by Crippen LogP contribution is 2.19. The van der Waals surface area contributed by atoms with E-state index in [-0.39, 0.29) is 18.3 Å². The lowest BCUT2D eigenvalue weighted by atomic mass is 10.1. The van der Waals surface area contributed by atoms with E-state index in [0.717, 1.165) is 22.6 Å². The van der Waals surface area contributed by atoms with Gasteiger partial charge in [-0.15, -0.1) is 0 Å². The lowest BCUT2D eigenvalue weighted by Crippen LogP contribution is -2.12. The molecule has 0 aliphatic heterocycles. The molecule has 3 rings (SSSR count). The van der Waals surface area contributed by atoms with Gasteiger partial charge in [-0.25, -0.2) is 0 Å². The quantitative estimate of drug-likeness (QED) is 0.711. The van der Waals surface area contributed by atoms with Gasteiger partial charge < -0.3 is 14.5 Å². The van der Waals surface area contributed by atoms with Gasteiger partial charge in [0.05, 0.1) is 0 Å². The molecular weight excluding hydrogens is 314 g/mol. The van der Waals surface area contributed by atoms with Gasteiger partial charge in [0.15, 0.2) is 5.76 Å². The first-order chi connectivity index (χ1) is 12.0. The zero-order chi connectivity index (χ0) is 17.8. The van der Waals surface area contributed by atoms with Gasteiger partial charge in [0.1, 0.15) is 18.1 Å². The number of anilines is 1. The Labute approximate surface area is 147 Å². The van der Waals surface area contributed by atoms with Crippen molar-refractivity contribution in [2.75, 3.05) is 5.32 Å². The third kappa shape index (κ3) is 4.29. The minimum absolute atomic E-state index is 0.267. The Hall–Kier alpha value is -3.01. The summed E-state index contributed by atoms with van der Waals surface area (Å²) in [5, 5.41) is 2.89. The number of amides is 1. The second kappa shape index (κ2) is 7.26. The first-order valence-electron chi connectivity index (χ1n) is 8.18. The average molecular weight is 335 g/mol. The summed E-state index contributed by atoms with van der Waals surface area (Å²) < 4.78 is 11.3. The maximum Gasteiger partial charge on any atom is 0.291 e. The van der Waals surface area contributed by atoms with E-state index in [0.29, 0.717) is 5.76 Å². The van der Waals surface area contributed by atoms with E-state index in [1.54, 1.807) is 12.1 Å². The Bertz CT molecular complexity index is 878. The predicted octanol–water partition coefficient (Wildman–Crippen LogP) is 5.04. The number of ether oxygens (including phenoxy) is 1. The van der Waals surface area contributed by atoms with E-state index in [9.17, 15) is 4.79 Å². The number of hydrogen-bond acceptors (Lipinski definition) is 3. The molecule has 0 aliphatic carbocycles. The standard InChI is InChI=1S/C21H21NO3/c1-14-5-8-17(9-6-14)24-13-18-10-11-20(25-18)21(23)22-19-12-15(2)4-7-16(19)3/h4-12H,13H2,1-3H3,(H,22,23). The lowest BCUT2D eigenvalue weighted by molar-refractivity contribution is 0.0992. The Morgan fingerprint density at radius 3 is 2.44 bits per heavy atom. The molecule has 0 unspecified atom stereocenters. The van der Waals surface area contributed by atoms with Crippen LogP contribution in [0, 0.1) is 20.8 Å². The minimum atomic E-state index is -0.268. The van der Waals surface area contributed by atoms with Gasteiger partial charge >= 0.3 is 0 Å². The van der Waals surface area contributed by atoms with Gasteiger partial charge in [-0.1, -0.05) is 29.8 Å². The van der Waals surface area contributed by atoms with Crippen LogP contribution in [0.3, 0.4) is 0 Å². The van der Waals surface area contributed by atoms with E-state index in [1.807, 2.05) is 63.2 Å². The van der Waals surface area contributed by atoms with Gasteiger partial charge in [0, 0.05) is 5.69 Å². The molecule has 0 saturated heterocycles. The normalized spacial score (nSPS) is 10.5. The number of furan rings is 1. The average Bonchev–Trinajstić information content (AvgIpc) is 3.07. The summed E-state index contributed by atoms with van der Waals surface area (Å²) in [5.74, 6) is 1.37. The van der Waals surface area contributed by atoms with Gasteiger partial charge in [-0.3, -0.25) is 4.79 Å². The summed E-state index contributed by atoms with van der Waals surface area (Å²) in [6.45, 7) is 6.25. The SMILES string of the molecule is Cc1ccc(OCc2ccc(C(=O)Nc3cc(C)ccc3C)o2)cc1. The van der Waals surface area contributed by atoms with Crippen LogP contribution < -0.4 is 10.1 Å². The summed E-state index contributed by atoms with van der Waals surface area (Å²) >= 11 is 0. The highest BCUT2D eigenvalue weighted by molar-refractivity contribution is 6.02. The molecule has 0 bridgehead atoms. The molecule has 0 saturated carbocycles. The van der Waals surface area contributed by atoms with E-state index < -0.39 is 0 Å². The number of rotatable bonds is 5. The second-order valence-electron chi connectivity index (χ2n) is 6.14. The topological polar surface area (TPSA) is 51.5 Å². The Balaban J connectivity index is 1.63. The molecule has 0 spiro atoms. The fourth-order valence-electron chi connectivity index (χ4n) is 2.42. The maximum absolute atomic E-state index is 12.4. The predicted molar refractivity (Wildman–Crippen MR) is 98.1 cm³/mol. The number of benzene rings is 2. The van der Waals surface area contributed by atoms with E-state index in [4.69, 9.17) is 9.15 Å². The molecule has 4 heteroatoms. The molecule has 0 radical (unpaired) electrons. The zero-order valence-corrected chi connectivity index (χ0v) is 14.6. The number of carbonyl (C=O) groups is 1. The fourth-order valence-corrected chi connectivity index (χ4v) is 2.42. The molecule has 0 aliphatic rings. The Morgan fingerprint density at radius 1 is 0.960 bits per heavy atom. The van der Waals surface area contributed by atoms with Crippen LogP contribution in [0.1, 0.15) is 33.0 Å². The highest BCUT2D eigenvalue weighted by atomic mass is 16.5. The van der Waals surface area contributed by atoms with Gasteiger partial charge in [-0.05, 0) is 62.2 Å².